The maximum absolute atomic E-state index is 13.5. The van der Waals surface area contributed by atoms with E-state index in [0.717, 1.165) is 16.7 Å². The topological polar surface area (TPSA) is 44.8 Å². The zero-order valence-corrected chi connectivity index (χ0v) is 15.9. The number of benzene rings is 3. The van der Waals surface area contributed by atoms with Gasteiger partial charge in [-0.25, -0.2) is 0 Å². The van der Waals surface area contributed by atoms with Gasteiger partial charge in [-0.15, -0.1) is 0 Å². The number of aryl methyl sites for hydroxylation is 3. The van der Waals surface area contributed by atoms with Crippen LogP contribution in [0.5, 0.6) is 17.2 Å². The molecule has 0 aromatic heterocycles. The maximum atomic E-state index is 13.5. The molecule has 6 heteroatoms. The van der Waals surface area contributed by atoms with Gasteiger partial charge in [-0.2, -0.15) is 4.57 Å². The zero-order valence-electron chi connectivity index (χ0n) is 15.0. The molecule has 0 fully saturated rings. The SMILES string of the molecule is Cc1ccccc1OP(=O)(Oc1ccccc1C)Oc1ccccc1C.[AlH3]. The summed E-state index contributed by atoms with van der Waals surface area (Å²) >= 11 is 0. The van der Waals surface area contributed by atoms with Gasteiger partial charge in [0.25, 0.3) is 0 Å². The van der Waals surface area contributed by atoms with E-state index < -0.39 is 7.82 Å². The van der Waals surface area contributed by atoms with Crippen molar-refractivity contribution in [1.82, 2.24) is 0 Å². The highest BCUT2D eigenvalue weighted by molar-refractivity contribution is 7.49. The third kappa shape index (κ3) is 5.40. The molecule has 0 spiro atoms. The molecule has 0 unspecified atom stereocenters. The van der Waals surface area contributed by atoms with Crippen LogP contribution in [0.3, 0.4) is 0 Å². The first-order chi connectivity index (χ1) is 12.5. The van der Waals surface area contributed by atoms with Crippen molar-refractivity contribution >= 4 is 25.2 Å². The second kappa shape index (κ2) is 9.15. The predicted molar refractivity (Wildman–Crippen MR) is 113 cm³/mol. The van der Waals surface area contributed by atoms with Crippen molar-refractivity contribution in [2.24, 2.45) is 0 Å². The van der Waals surface area contributed by atoms with Gasteiger partial charge in [0.1, 0.15) is 17.2 Å². The molecule has 27 heavy (non-hydrogen) atoms. The van der Waals surface area contributed by atoms with Gasteiger partial charge in [-0.3, -0.25) is 0 Å². The minimum absolute atomic E-state index is 0. The minimum Gasteiger partial charge on any atom is -0.386 e. The molecule has 0 saturated carbocycles. The summed E-state index contributed by atoms with van der Waals surface area (Å²) in [6, 6.07) is 22.0. The number of hydrogen-bond donors (Lipinski definition) is 0. The Morgan fingerprint density at radius 1 is 0.556 bits per heavy atom. The van der Waals surface area contributed by atoms with Gasteiger partial charge in [0.15, 0.2) is 17.4 Å². The molecule has 0 N–H and O–H groups in total. The fraction of sp³-hybridized carbons (Fsp3) is 0.143. The van der Waals surface area contributed by atoms with Crippen LogP contribution in [-0.4, -0.2) is 17.4 Å². The standard InChI is InChI=1S/C21H21O4P.Al.3H/c1-16-10-4-7-13-19(16)23-26(22,24-20-14-8-5-11-17(20)2)25-21-15-9-6-12-18(21)3;;;;/h4-15H,1-3H3;;;;. The first-order valence-electron chi connectivity index (χ1n) is 8.32. The molecule has 0 aliphatic heterocycles. The van der Waals surface area contributed by atoms with Crippen LogP contribution in [0.25, 0.3) is 0 Å². The van der Waals surface area contributed by atoms with Gasteiger partial charge < -0.3 is 13.6 Å². The van der Waals surface area contributed by atoms with Crippen LogP contribution in [0.1, 0.15) is 16.7 Å². The molecule has 0 amide bonds. The summed E-state index contributed by atoms with van der Waals surface area (Å²) in [6.07, 6.45) is 0. The first-order valence-corrected chi connectivity index (χ1v) is 9.79. The molecule has 0 heterocycles. The molecular formula is C21H24AlO4P. The number of phosphoric ester groups is 1. The third-order valence-corrected chi connectivity index (χ3v) is 5.17. The Morgan fingerprint density at radius 3 is 1.07 bits per heavy atom. The van der Waals surface area contributed by atoms with E-state index in [1.54, 1.807) is 18.2 Å². The van der Waals surface area contributed by atoms with Crippen molar-refractivity contribution in [3.05, 3.63) is 89.5 Å². The molecule has 140 valence electrons. The Kier molecular flexibility index (Phi) is 7.16. The zero-order chi connectivity index (χ0) is 18.6. The largest absolute Gasteiger partial charge is 0.647 e. The molecule has 3 aromatic carbocycles. The number of hydrogen-bond acceptors (Lipinski definition) is 4. The summed E-state index contributed by atoms with van der Waals surface area (Å²) in [5, 5.41) is 0. The summed E-state index contributed by atoms with van der Waals surface area (Å²) in [5.41, 5.74) is 2.53. The normalized spacial score (nSPS) is 10.6. The Hall–Kier alpha value is -2.18. The van der Waals surface area contributed by atoms with E-state index in [2.05, 4.69) is 0 Å². The van der Waals surface area contributed by atoms with Crippen LogP contribution in [-0.2, 0) is 4.57 Å². The summed E-state index contributed by atoms with van der Waals surface area (Å²) in [5.74, 6) is 1.37. The van der Waals surface area contributed by atoms with Crippen LogP contribution in [0.4, 0.5) is 0 Å². The van der Waals surface area contributed by atoms with Gasteiger partial charge in [0.05, 0.1) is 0 Å². The fourth-order valence-electron chi connectivity index (χ4n) is 2.39. The molecule has 3 aromatic rings. The molecule has 0 saturated heterocycles. The molecule has 0 atom stereocenters. The summed E-state index contributed by atoms with van der Waals surface area (Å²) < 4.78 is 30.8. The lowest BCUT2D eigenvalue weighted by molar-refractivity contribution is 0.296. The van der Waals surface area contributed by atoms with Crippen molar-refractivity contribution < 1.29 is 18.1 Å². The minimum atomic E-state index is -3.97. The Morgan fingerprint density at radius 2 is 0.815 bits per heavy atom. The van der Waals surface area contributed by atoms with Gasteiger partial charge >= 0.3 is 7.82 Å². The number of phosphoric acid groups is 1. The third-order valence-electron chi connectivity index (χ3n) is 3.91. The van der Waals surface area contributed by atoms with E-state index >= 15 is 0 Å². The van der Waals surface area contributed by atoms with Crippen LogP contribution < -0.4 is 13.6 Å². The van der Waals surface area contributed by atoms with E-state index in [4.69, 9.17) is 13.6 Å². The van der Waals surface area contributed by atoms with Crippen LogP contribution >= 0.6 is 7.82 Å². The van der Waals surface area contributed by atoms with Crippen LogP contribution in [0.15, 0.2) is 72.8 Å². The average Bonchev–Trinajstić information content (AvgIpc) is 2.61. The fourth-order valence-corrected chi connectivity index (χ4v) is 3.84. The second-order valence-electron chi connectivity index (χ2n) is 6.02. The molecule has 0 aliphatic rings. The molecule has 3 rings (SSSR count). The lowest BCUT2D eigenvalue weighted by Gasteiger charge is -2.21. The second-order valence-corrected chi connectivity index (χ2v) is 7.46. The van der Waals surface area contributed by atoms with Crippen molar-refractivity contribution in [2.75, 3.05) is 0 Å². The van der Waals surface area contributed by atoms with Gasteiger partial charge in [-0.05, 0) is 55.7 Å². The first kappa shape index (κ1) is 21.1. The van der Waals surface area contributed by atoms with E-state index in [-0.39, 0.29) is 17.4 Å². The molecule has 4 nitrogen and oxygen atoms in total. The molecule has 0 radical (unpaired) electrons. The van der Waals surface area contributed by atoms with Crippen molar-refractivity contribution in [1.29, 1.82) is 0 Å². The summed E-state index contributed by atoms with van der Waals surface area (Å²) in [7, 11) is -3.97. The Labute approximate surface area is 170 Å². The lowest BCUT2D eigenvalue weighted by atomic mass is 10.2. The van der Waals surface area contributed by atoms with Gasteiger partial charge in [-0.1, -0.05) is 54.6 Å². The highest BCUT2D eigenvalue weighted by Gasteiger charge is 2.34. The summed E-state index contributed by atoms with van der Waals surface area (Å²) in [4.78, 5) is 0. The number of para-hydroxylation sites is 3. The quantitative estimate of drug-likeness (QED) is 0.429. The summed E-state index contributed by atoms with van der Waals surface area (Å²) in [6.45, 7) is 5.63. The highest BCUT2D eigenvalue weighted by atomic mass is 31.2. The van der Waals surface area contributed by atoms with Crippen molar-refractivity contribution in [3.8, 4) is 17.2 Å². The number of rotatable bonds is 6. The smallest absolute Gasteiger partial charge is 0.386 e. The van der Waals surface area contributed by atoms with Crippen LogP contribution in [0.2, 0.25) is 0 Å². The van der Waals surface area contributed by atoms with Crippen LogP contribution in [0, 0.1) is 20.8 Å². The predicted octanol–water partition coefficient (Wildman–Crippen LogP) is 5.07. The molecule has 0 bridgehead atoms. The van der Waals surface area contributed by atoms with E-state index in [9.17, 15) is 4.57 Å². The van der Waals surface area contributed by atoms with Gasteiger partial charge in [0.2, 0.25) is 0 Å². The highest BCUT2D eigenvalue weighted by Crippen LogP contribution is 2.51. The van der Waals surface area contributed by atoms with Crippen molar-refractivity contribution in [2.45, 2.75) is 20.8 Å². The lowest BCUT2D eigenvalue weighted by Crippen LogP contribution is -2.09. The maximum Gasteiger partial charge on any atom is 0.647 e. The van der Waals surface area contributed by atoms with E-state index in [0.29, 0.717) is 17.2 Å². The van der Waals surface area contributed by atoms with Gasteiger partial charge in [0, 0.05) is 0 Å². The van der Waals surface area contributed by atoms with E-state index in [1.165, 1.54) is 0 Å². The molecular weight excluding hydrogens is 374 g/mol. The monoisotopic (exact) mass is 398 g/mol. The van der Waals surface area contributed by atoms with Crippen molar-refractivity contribution in [3.63, 3.8) is 0 Å². The Balaban J connectivity index is 0.00000261. The average molecular weight is 398 g/mol. The Bertz CT molecular complexity index is 836. The van der Waals surface area contributed by atoms with E-state index in [1.807, 2.05) is 75.4 Å². The molecule has 0 aliphatic carbocycles.